The van der Waals surface area contributed by atoms with Crippen LogP contribution in [0.25, 0.3) is 0 Å². The molecule has 1 saturated carbocycles. The summed E-state index contributed by atoms with van der Waals surface area (Å²) in [7, 11) is 0. The molecule has 2 aliphatic rings. The van der Waals surface area contributed by atoms with Crippen molar-refractivity contribution in [1.29, 1.82) is 0 Å². The Balaban J connectivity index is 1.75. The standard InChI is InChI=1S/C16H30N2O/c1-14-9-5-4-6-10-15(14)17-13-16(19)18-11-7-2-3-8-12-18/h14-15,17H,2-13H2,1H3. The van der Waals surface area contributed by atoms with Gasteiger partial charge >= 0.3 is 0 Å². The van der Waals surface area contributed by atoms with Gasteiger partial charge in [-0.25, -0.2) is 0 Å². The summed E-state index contributed by atoms with van der Waals surface area (Å²) in [5.41, 5.74) is 0. The Labute approximate surface area is 118 Å². The van der Waals surface area contributed by atoms with E-state index in [0.717, 1.165) is 19.0 Å². The number of nitrogens with one attached hydrogen (secondary N) is 1. The maximum atomic E-state index is 12.2. The van der Waals surface area contributed by atoms with Crippen molar-refractivity contribution in [2.45, 2.75) is 70.8 Å². The molecule has 0 aromatic rings. The molecule has 2 atom stereocenters. The van der Waals surface area contributed by atoms with Crippen LogP contribution in [0.15, 0.2) is 0 Å². The number of hydrogen-bond donors (Lipinski definition) is 1. The molecule has 2 rings (SSSR count). The second-order valence-corrected chi connectivity index (χ2v) is 6.40. The molecule has 3 heteroatoms. The Morgan fingerprint density at radius 1 is 1.00 bits per heavy atom. The lowest BCUT2D eigenvalue weighted by molar-refractivity contribution is -0.130. The predicted molar refractivity (Wildman–Crippen MR) is 79.1 cm³/mol. The normalized spacial score (nSPS) is 29.6. The van der Waals surface area contributed by atoms with Crippen molar-refractivity contribution >= 4 is 5.91 Å². The maximum absolute atomic E-state index is 12.2. The van der Waals surface area contributed by atoms with Crippen LogP contribution in [-0.2, 0) is 4.79 Å². The number of likely N-dealkylation sites (tertiary alicyclic amines) is 1. The summed E-state index contributed by atoms with van der Waals surface area (Å²) in [5.74, 6) is 1.04. The topological polar surface area (TPSA) is 32.3 Å². The largest absolute Gasteiger partial charge is 0.342 e. The third-order valence-electron chi connectivity index (χ3n) is 4.84. The van der Waals surface area contributed by atoms with Crippen LogP contribution in [0, 0.1) is 5.92 Å². The molecule has 1 heterocycles. The van der Waals surface area contributed by atoms with Crippen molar-refractivity contribution in [2.75, 3.05) is 19.6 Å². The summed E-state index contributed by atoms with van der Waals surface area (Å²) in [6.07, 6.45) is 11.6. The monoisotopic (exact) mass is 266 g/mol. The van der Waals surface area contributed by atoms with E-state index in [2.05, 4.69) is 17.1 Å². The molecule has 19 heavy (non-hydrogen) atoms. The highest BCUT2D eigenvalue weighted by atomic mass is 16.2. The quantitative estimate of drug-likeness (QED) is 0.797. The Hall–Kier alpha value is -0.570. The van der Waals surface area contributed by atoms with E-state index in [1.807, 2.05) is 0 Å². The third-order valence-corrected chi connectivity index (χ3v) is 4.84. The van der Waals surface area contributed by atoms with E-state index in [0.29, 0.717) is 18.5 Å². The van der Waals surface area contributed by atoms with Crippen LogP contribution < -0.4 is 5.32 Å². The molecular formula is C16H30N2O. The summed E-state index contributed by atoms with van der Waals surface area (Å²) >= 11 is 0. The lowest BCUT2D eigenvalue weighted by atomic mass is 9.97. The highest BCUT2D eigenvalue weighted by Gasteiger charge is 2.21. The lowest BCUT2D eigenvalue weighted by Crippen LogP contribution is -2.43. The van der Waals surface area contributed by atoms with Gasteiger partial charge in [0, 0.05) is 19.1 Å². The summed E-state index contributed by atoms with van der Waals surface area (Å²) in [4.78, 5) is 14.3. The number of nitrogens with zero attached hydrogens (tertiary/aromatic N) is 1. The van der Waals surface area contributed by atoms with Gasteiger partial charge in [0.05, 0.1) is 6.54 Å². The average molecular weight is 266 g/mol. The fourth-order valence-corrected chi connectivity index (χ4v) is 3.45. The minimum absolute atomic E-state index is 0.318. The maximum Gasteiger partial charge on any atom is 0.236 e. The number of carbonyl (C=O) groups is 1. The second-order valence-electron chi connectivity index (χ2n) is 6.40. The van der Waals surface area contributed by atoms with Gasteiger partial charge < -0.3 is 10.2 Å². The Bertz CT molecular complexity index is 272. The molecule has 0 bridgehead atoms. The third kappa shape index (κ3) is 4.79. The second kappa shape index (κ2) is 7.88. The van der Waals surface area contributed by atoms with Crippen molar-refractivity contribution in [2.24, 2.45) is 5.92 Å². The minimum Gasteiger partial charge on any atom is -0.342 e. The first kappa shape index (κ1) is 14.8. The van der Waals surface area contributed by atoms with Gasteiger partial charge in [-0.2, -0.15) is 0 Å². The fourth-order valence-electron chi connectivity index (χ4n) is 3.45. The Kier molecular flexibility index (Phi) is 6.15. The molecule has 0 spiro atoms. The van der Waals surface area contributed by atoms with E-state index >= 15 is 0 Å². The van der Waals surface area contributed by atoms with Crippen LogP contribution in [0.5, 0.6) is 0 Å². The molecule has 1 aliphatic heterocycles. The van der Waals surface area contributed by atoms with Gasteiger partial charge in [-0.3, -0.25) is 4.79 Å². The Morgan fingerprint density at radius 2 is 1.63 bits per heavy atom. The van der Waals surface area contributed by atoms with Crippen molar-refractivity contribution < 1.29 is 4.79 Å². The van der Waals surface area contributed by atoms with Gasteiger partial charge in [0.25, 0.3) is 0 Å². The fraction of sp³-hybridized carbons (Fsp3) is 0.938. The molecule has 2 unspecified atom stereocenters. The van der Waals surface area contributed by atoms with Crippen molar-refractivity contribution in [1.82, 2.24) is 10.2 Å². The number of carbonyl (C=O) groups excluding carboxylic acids is 1. The first-order chi connectivity index (χ1) is 9.27. The summed E-state index contributed by atoms with van der Waals surface area (Å²) in [5, 5.41) is 3.54. The molecule has 1 aliphatic carbocycles. The van der Waals surface area contributed by atoms with Gasteiger partial charge in [0.2, 0.25) is 5.91 Å². The molecule has 1 amide bonds. The van der Waals surface area contributed by atoms with Crippen LogP contribution in [0.2, 0.25) is 0 Å². The molecule has 3 nitrogen and oxygen atoms in total. The van der Waals surface area contributed by atoms with Gasteiger partial charge in [-0.15, -0.1) is 0 Å². The van der Waals surface area contributed by atoms with E-state index in [9.17, 15) is 4.79 Å². The van der Waals surface area contributed by atoms with Crippen LogP contribution >= 0.6 is 0 Å². The molecular weight excluding hydrogens is 236 g/mol. The van der Waals surface area contributed by atoms with E-state index in [4.69, 9.17) is 0 Å². The van der Waals surface area contributed by atoms with Gasteiger partial charge in [0.1, 0.15) is 0 Å². The van der Waals surface area contributed by atoms with Gasteiger partial charge in [0.15, 0.2) is 0 Å². The molecule has 0 aromatic carbocycles. The molecule has 0 aromatic heterocycles. The highest BCUT2D eigenvalue weighted by Crippen LogP contribution is 2.22. The zero-order chi connectivity index (χ0) is 13.5. The SMILES string of the molecule is CC1CCCCCC1NCC(=O)N1CCCCCC1. The van der Waals surface area contributed by atoms with E-state index in [1.54, 1.807) is 0 Å². The van der Waals surface area contributed by atoms with Crippen LogP contribution in [0.1, 0.15) is 64.7 Å². The molecule has 0 radical (unpaired) electrons. The molecule has 110 valence electrons. The van der Waals surface area contributed by atoms with Crippen LogP contribution in [0.4, 0.5) is 0 Å². The smallest absolute Gasteiger partial charge is 0.236 e. The van der Waals surface area contributed by atoms with Crippen molar-refractivity contribution in [3.8, 4) is 0 Å². The van der Waals surface area contributed by atoms with E-state index < -0.39 is 0 Å². The molecule has 2 fully saturated rings. The summed E-state index contributed by atoms with van der Waals surface area (Å²) < 4.78 is 0. The molecule has 1 saturated heterocycles. The minimum atomic E-state index is 0.318. The van der Waals surface area contributed by atoms with Crippen molar-refractivity contribution in [3.05, 3.63) is 0 Å². The first-order valence-corrected chi connectivity index (χ1v) is 8.28. The average Bonchev–Trinajstić information content (AvgIpc) is 2.79. The first-order valence-electron chi connectivity index (χ1n) is 8.28. The number of amides is 1. The summed E-state index contributed by atoms with van der Waals surface area (Å²) in [6.45, 7) is 4.83. The lowest BCUT2D eigenvalue weighted by Gasteiger charge is -2.25. The van der Waals surface area contributed by atoms with E-state index in [-0.39, 0.29) is 0 Å². The Morgan fingerprint density at radius 3 is 2.37 bits per heavy atom. The zero-order valence-corrected chi connectivity index (χ0v) is 12.5. The van der Waals surface area contributed by atoms with Gasteiger partial charge in [-0.05, 0) is 31.6 Å². The van der Waals surface area contributed by atoms with E-state index in [1.165, 1.54) is 57.8 Å². The highest BCUT2D eigenvalue weighted by molar-refractivity contribution is 5.78. The zero-order valence-electron chi connectivity index (χ0n) is 12.5. The number of hydrogen-bond acceptors (Lipinski definition) is 2. The van der Waals surface area contributed by atoms with Crippen molar-refractivity contribution in [3.63, 3.8) is 0 Å². The number of rotatable bonds is 3. The van der Waals surface area contributed by atoms with Crippen LogP contribution in [-0.4, -0.2) is 36.5 Å². The predicted octanol–water partition coefficient (Wildman–Crippen LogP) is 2.95. The van der Waals surface area contributed by atoms with Gasteiger partial charge in [-0.1, -0.05) is 39.0 Å². The molecule has 1 N–H and O–H groups in total. The summed E-state index contributed by atoms with van der Waals surface area (Å²) in [6, 6.07) is 0.554. The van der Waals surface area contributed by atoms with Crippen LogP contribution in [0.3, 0.4) is 0 Å².